The fourth-order valence-corrected chi connectivity index (χ4v) is 1.11. The second-order valence-electron chi connectivity index (χ2n) is 2.81. The number of carbonyl (C=O) groups is 1. The predicted molar refractivity (Wildman–Crippen MR) is 52.5 cm³/mol. The Morgan fingerprint density at radius 1 is 1.38 bits per heavy atom. The molecule has 0 fully saturated rings. The van der Waals surface area contributed by atoms with Crippen molar-refractivity contribution >= 4 is 12.0 Å². The topological polar surface area (TPSA) is 37.3 Å². The molecule has 0 radical (unpaired) electrons. The Hall–Kier alpha value is -1.57. The van der Waals surface area contributed by atoms with Gasteiger partial charge in [0.05, 0.1) is 6.42 Å². The van der Waals surface area contributed by atoms with Crippen LogP contribution < -0.4 is 0 Å². The van der Waals surface area contributed by atoms with Crippen LogP contribution in [-0.4, -0.2) is 11.1 Å². The second-order valence-corrected chi connectivity index (χ2v) is 2.81. The van der Waals surface area contributed by atoms with E-state index in [1.807, 2.05) is 43.3 Å². The van der Waals surface area contributed by atoms with Crippen molar-refractivity contribution in [2.24, 2.45) is 0 Å². The summed E-state index contributed by atoms with van der Waals surface area (Å²) in [5.41, 5.74) is 1.93. The molecule has 0 aromatic heterocycles. The fraction of sp³-hybridized carbons (Fsp3) is 0.182. The van der Waals surface area contributed by atoms with E-state index in [0.29, 0.717) is 0 Å². The Kier molecular flexibility index (Phi) is 3.26. The van der Waals surface area contributed by atoms with Crippen LogP contribution in [0.25, 0.3) is 6.08 Å². The minimum atomic E-state index is -0.793. The number of hydrogen-bond donors (Lipinski definition) is 1. The van der Waals surface area contributed by atoms with Crippen LogP contribution in [0.2, 0.25) is 0 Å². The van der Waals surface area contributed by atoms with Crippen molar-refractivity contribution in [3.8, 4) is 0 Å². The van der Waals surface area contributed by atoms with Gasteiger partial charge in [-0.15, -0.1) is 0 Å². The quantitative estimate of drug-likeness (QED) is 0.767. The first kappa shape index (κ1) is 9.52. The molecule has 0 saturated carbocycles. The third-order valence-corrected chi connectivity index (χ3v) is 1.69. The molecule has 0 saturated heterocycles. The van der Waals surface area contributed by atoms with E-state index in [0.717, 1.165) is 11.1 Å². The molecule has 1 aromatic carbocycles. The number of benzene rings is 1. The molecule has 0 aliphatic heterocycles. The van der Waals surface area contributed by atoms with Crippen LogP contribution in [0.15, 0.2) is 30.3 Å². The van der Waals surface area contributed by atoms with Crippen LogP contribution in [0.3, 0.4) is 0 Å². The lowest BCUT2D eigenvalue weighted by molar-refractivity contribution is -0.136. The normalized spacial score (nSPS) is 10.5. The van der Waals surface area contributed by atoms with Gasteiger partial charge in [-0.1, -0.05) is 36.4 Å². The highest BCUT2D eigenvalue weighted by Crippen LogP contribution is 2.06. The summed E-state index contributed by atoms with van der Waals surface area (Å²) in [6, 6.07) is 7.50. The third-order valence-electron chi connectivity index (χ3n) is 1.69. The van der Waals surface area contributed by atoms with E-state index in [1.54, 1.807) is 0 Å². The molecular formula is C11H12O2. The van der Waals surface area contributed by atoms with Gasteiger partial charge in [-0.05, 0) is 18.1 Å². The molecule has 68 valence electrons. The maximum absolute atomic E-state index is 10.4. The largest absolute Gasteiger partial charge is 0.481 e. The van der Waals surface area contributed by atoms with Crippen molar-refractivity contribution in [3.05, 3.63) is 41.5 Å². The van der Waals surface area contributed by atoms with Crippen molar-refractivity contribution in [2.45, 2.75) is 13.3 Å². The van der Waals surface area contributed by atoms with Gasteiger partial charge in [0.1, 0.15) is 0 Å². The van der Waals surface area contributed by atoms with Crippen LogP contribution in [-0.2, 0) is 11.2 Å². The Labute approximate surface area is 77.5 Å². The summed E-state index contributed by atoms with van der Waals surface area (Å²) in [5.74, 6) is -0.793. The number of allylic oxidation sites excluding steroid dienone is 1. The van der Waals surface area contributed by atoms with E-state index in [2.05, 4.69) is 0 Å². The zero-order valence-corrected chi connectivity index (χ0v) is 7.53. The van der Waals surface area contributed by atoms with E-state index >= 15 is 0 Å². The molecule has 0 unspecified atom stereocenters. The lowest BCUT2D eigenvalue weighted by Gasteiger charge is -1.97. The maximum Gasteiger partial charge on any atom is 0.307 e. The van der Waals surface area contributed by atoms with Gasteiger partial charge >= 0.3 is 5.97 Å². The molecule has 0 heterocycles. The summed E-state index contributed by atoms with van der Waals surface area (Å²) in [6.07, 6.45) is 4.02. The van der Waals surface area contributed by atoms with Gasteiger partial charge in [0.25, 0.3) is 0 Å². The summed E-state index contributed by atoms with van der Waals surface area (Å²) >= 11 is 0. The third kappa shape index (κ3) is 3.11. The zero-order valence-electron chi connectivity index (χ0n) is 7.53. The van der Waals surface area contributed by atoms with Gasteiger partial charge in [-0.3, -0.25) is 4.79 Å². The molecule has 0 bridgehead atoms. The predicted octanol–water partition coefficient (Wildman–Crippen LogP) is 2.35. The number of rotatable bonds is 3. The molecule has 0 atom stereocenters. The number of aliphatic carboxylic acids is 1. The average molecular weight is 176 g/mol. The van der Waals surface area contributed by atoms with Gasteiger partial charge < -0.3 is 5.11 Å². The highest BCUT2D eigenvalue weighted by molar-refractivity contribution is 5.70. The Bertz CT molecular complexity index is 309. The maximum atomic E-state index is 10.4. The van der Waals surface area contributed by atoms with Gasteiger partial charge in [0.15, 0.2) is 0 Å². The first-order valence-corrected chi connectivity index (χ1v) is 4.16. The summed E-state index contributed by atoms with van der Waals surface area (Å²) in [5, 5.41) is 8.53. The van der Waals surface area contributed by atoms with Crippen LogP contribution in [0.1, 0.15) is 18.1 Å². The Morgan fingerprint density at radius 3 is 2.46 bits per heavy atom. The van der Waals surface area contributed by atoms with E-state index in [1.165, 1.54) is 0 Å². The minimum Gasteiger partial charge on any atom is -0.481 e. The molecule has 0 amide bonds. The molecule has 2 nitrogen and oxygen atoms in total. The first-order valence-electron chi connectivity index (χ1n) is 4.16. The summed E-state index contributed by atoms with van der Waals surface area (Å²) in [7, 11) is 0. The monoisotopic (exact) mass is 176 g/mol. The second kappa shape index (κ2) is 4.45. The van der Waals surface area contributed by atoms with Gasteiger partial charge in [0, 0.05) is 0 Å². The molecule has 0 aliphatic rings. The SMILES string of the molecule is C/C=C\c1ccc(CC(=O)O)cc1. The fourth-order valence-electron chi connectivity index (χ4n) is 1.11. The van der Waals surface area contributed by atoms with Crippen molar-refractivity contribution in [1.29, 1.82) is 0 Å². The van der Waals surface area contributed by atoms with Crippen molar-refractivity contribution in [3.63, 3.8) is 0 Å². The van der Waals surface area contributed by atoms with Gasteiger partial charge in [-0.2, -0.15) is 0 Å². The summed E-state index contributed by atoms with van der Waals surface area (Å²) in [4.78, 5) is 10.4. The Balaban J connectivity index is 2.75. The molecule has 0 aliphatic carbocycles. The highest BCUT2D eigenvalue weighted by atomic mass is 16.4. The van der Waals surface area contributed by atoms with Crippen LogP contribution >= 0.6 is 0 Å². The van der Waals surface area contributed by atoms with E-state index in [4.69, 9.17) is 5.11 Å². The molecule has 1 aromatic rings. The molecular weight excluding hydrogens is 164 g/mol. The van der Waals surface area contributed by atoms with E-state index < -0.39 is 5.97 Å². The molecule has 0 spiro atoms. The number of hydrogen-bond acceptors (Lipinski definition) is 1. The van der Waals surface area contributed by atoms with E-state index in [-0.39, 0.29) is 6.42 Å². The summed E-state index contributed by atoms with van der Waals surface area (Å²) < 4.78 is 0. The molecule has 1 N–H and O–H groups in total. The standard InChI is InChI=1S/C11H12O2/c1-2-3-9-4-6-10(7-5-9)8-11(12)13/h2-7H,8H2,1H3,(H,12,13)/b3-2-. The van der Waals surface area contributed by atoms with Crippen LogP contribution in [0, 0.1) is 0 Å². The number of carboxylic acid groups (broad SMARTS) is 1. The molecule has 1 rings (SSSR count). The lowest BCUT2D eigenvalue weighted by Crippen LogP contribution is -1.99. The van der Waals surface area contributed by atoms with Crippen molar-refractivity contribution < 1.29 is 9.90 Å². The van der Waals surface area contributed by atoms with Crippen molar-refractivity contribution in [2.75, 3.05) is 0 Å². The molecule has 2 heteroatoms. The smallest absolute Gasteiger partial charge is 0.307 e. The Morgan fingerprint density at radius 2 is 2.00 bits per heavy atom. The van der Waals surface area contributed by atoms with Crippen molar-refractivity contribution in [1.82, 2.24) is 0 Å². The highest BCUT2D eigenvalue weighted by Gasteiger charge is 1.98. The summed E-state index contributed by atoms with van der Waals surface area (Å²) in [6.45, 7) is 1.95. The van der Waals surface area contributed by atoms with Gasteiger partial charge in [-0.25, -0.2) is 0 Å². The van der Waals surface area contributed by atoms with E-state index in [9.17, 15) is 4.79 Å². The zero-order chi connectivity index (χ0) is 9.68. The first-order chi connectivity index (χ1) is 6.22. The number of carboxylic acids is 1. The average Bonchev–Trinajstić information content (AvgIpc) is 2.08. The molecule has 13 heavy (non-hydrogen) atoms. The minimum absolute atomic E-state index is 0.0934. The lowest BCUT2D eigenvalue weighted by atomic mass is 10.1. The van der Waals surface area contributed by atoms with Crippen LogP contribution in [0.5, 0.6) is 0 Å². The van der Waals surface area contributed by atoms with Gasteiger partial charge in [0.2, 0.25) is 0 Å². The van der Waals surface area contributed by atoms with Crippen LogP contribution in [0.4, 0.5) is 0 Å².